The Balaban J connectivity index is 2.66. The van der Waals surface area contributed by atoms with Gasteiger partial charge in [-0.3, -0.25) is 0 Å². The molecule has 0 aromatic rings. The molecule has 0 aliphatic carbocycles. The van der Waals surface area contributed by atoms with E-state index in [1.165, 1.54) is 0 Å². The third-order valence-electron chi connectivity index (χ3n) is 2.35. The summed E-state index contributed by atoms with van der Waals surface area (Å²) >= 11 is 0. The zero-order valence-corrected chi connectivity index (χ0v) is 8.48. The van der Waals surface area contributed by atoms with Crippen LogP contribution in [-0.2, 0) is 4.84 Å². The molecule has 0 radical (unpaired) electrons. The Morgan fingerprint density at radius 3 is 1.92 bits per heavy atom. The number of piperidine rings is 1. The van der Waals surface area contributed by atoms with E-state index in [-0.39, 0.29) is 17.2 Å². The Kier molecular flexibility index (Phi) is 2.47. The highest BCUT2D eigenvalue weighted by Gasteiger charge is 2.37. The van der Waals surface area contributed by atoms with E-state index in [0.717, 1.165) is 12.8 Å². The second-order valence-electron chi connectivity index (χ2n) is 5.06. The van der Waals surface area contributed by atoms with Gasteiger partial charge in [0.1, 0.15) is 0 Å². The number of hydrogen-bond donors (Lipinski definition) is 2. The Morgan fingerprint density at radius 1 is 1.17 bits per heavy atom. The fraction of sp³-hybridized carbons (Fsp3) is 1.00. The quantitative estimate of drug-likeness (QED) is 0.584. The van der Waals surface area contributed by atoms with Gasteiger partial charge in [0, 0.05) is 11.1 Å². The first-order valence-corrected chi connectivity index (χ1v) is 4.50. The van der Waals surface area contributed by atoms with Crippen LogP contribution in [0.3, 0.4) is 0 Å². The summed E-state index contributed by atoms with van der Waals surface area (Å²) in [6.45, 7) is 8.72. The number of nitrogens with two attached hydrogens (primary N) is 1. The van der Waals surface area contributed by atoms with Gasteiger partial charge in [-0.05, 0) is 40.5 Å². The normalized spacial score (nSPS) is 28.8. The van der Waals surface area contributed by atoms with Crippen LogP contribution < -0.4 is 11.2 Å². The summed E-state index contributed by atoms with van der Waals surface area (Å²) < 4.78 is 0. The monoisotopic (exact) mass is 172 g/mol. The van der Waals surface area contributed by atoms with Crippen LogP contribution in [0.2, 0.25) is 0 Å². The second-order valence-corrected chi connectivity index (χ2v) is 5.06. The van der Waals surface area contributed by atoms with E-state index in [1.54, 1.807) is 0 Å². The predicted octanol–water partition coefficient (Wildman–Crippen LogP) is 1.19. The minimum Gasteiger partial charge on any atom is -0.307 e. The summed E-state index contributed by atoms with van der Waals surface area (Å²) in [5.74, 6) is 5.22. The largest absolute Gasteiger partial charge is 0.307 e. The molecule has 0 bridgehead atoms. The summed E-state index contributed by atoms with van der Waals surface area (Å²) in [7, 11) is 0. The number of rotatable bonds is 1. The van der Waals surface area contributed by atoms with Crippen LogP contribution in [0.5, 0.6) is 0 Å². The van der Waals surface area contributed by atoms with Crippen LogP contribution in [0.4, 0.5) is 0 Å². The van der Waals surface area contributed by atoms with E-state index >= 15 is 0 Å². The van der Waals surface area contributed by atoms with Crippen molar-refractivity contribution in [1.82, 2.24) is 5.32 Å². The standard InChI is InChI=1S/C9H20N2O/c1-8(2)5-7(12-10)6-9(3,4)11-8/h7,11H,5-6,10H2,1-4H3. The molecule has 1 heterocycles. The van der Waals surface area contributed by atoms with E-state index in [2.05, 4.69) is 33.0 Å². The topological polar surface area (TPSA) is 47.3 Å². The molecule has 0 spiro atoms. The van der Waals surface area contributed by atoms with Crippen molar-refractivity contribution in [2.75, 3.05) is 0 Å². The van der Waals surface area contributed by atoms with E-state index in [0.29, 0.717) is 0 Å². The van der Waals surface area contributed by atoms with Crippen LogP contribution in [0.15, 0.2) is 0 Å². The Morgan fingerprint density at radius 2 is 1.58 bits per heavy atom. The van der Waals surface area contributed by atoms with Crippen LogP contribution in [0.1, 0.15) is 40.5 Å². The van der Waals surface area contributed by atoms with Gasteiger partial charge in [0.05, 0.1) is 6.10 Å². The van der Waals surface area contributed by atoms with E-state index in [4.69, 9.17) is 10.7 Å². The molecule has 0 aromatic carbocycles. The van der Waals surface area contributed by atoms with Gasteiger partial charge in [0.2, 0.25) is 0 Å². The molecule has 1 aliphatic rings. The maximum absolute atomic E-state index is 5.22. The maximum Gasteiger partial charge on any atom is 0.0822 e. The average molecular weight is 172 g/mol. The first kappa shape index (κ1) is 9.96. The molecular formula is C9H20N2O. The van der Waals surface area contributed by atoms with Gasteiger partial charge in [0.25, 0.3) is 0 Å². The highest BCUT2D eigenvalue weighted by atomic mass is 16.6. The SMILES string of the molecule is CC1(C)CC(ON)CC(C)(C)N1. The molecule has 72 valence electrons. The molecule has 1 fully saturated rings. The molecule has 1 rings (SSSR count). The molecule has 0 amide bonds. The van der Waals surface area contributed by atoms with Crippen LogP contribution >= 0.6 is 0 Å². The summed E-state index contributed by atoms with van der Waals surface area (Å²) in [5.41, 5.74) is 0.261. The van der Waals surface area contributed by atoms with E-state index in [1.807, 2.05) is 0 Å². The molecule has 0 atom stereocenters. The summed E-state index contributed by atoms with van der Waals surface area (Å²) in [6.07, 6.45) is 2.15. The van der Waals surface area contributed by atoms with Crippen LogP contribution in [0, 0.1) is 0 Å². The van der Waals surface area contributed by atoms with Gasteiger partial charge in [-0.15, -0.1) is 0 Å². The molecular weight excluding hydrogens is 152 g/mol. The van der Waals surface area contributed by atoms with Gasteiger partial charge >= 0.3 is 0 Å². The summed E-state index contributed by atoms with van der Waals surface area (Å²) in [5, 5.41) is 3.56. The molecule has 3 heteroatoms. The minimum absolute atomic E-state index is 0.131. The fourth-order valence-electron chi connectivity index (χ4n) is 2.32. The van der Waals surface area contributed by atoms with Gasteiger partial charge in [-0.25, -0.2) is 5.90 Å². The zero-order valence-electron chi connectivity index (χ0n) is 8.48. The van der Waals surface area contributed by atoms with Crippen LogP contribution in [0.25, 0.3) is 0 Å². The Bertz CT molecular complexity index is 150. The molecule has 3 N–H and O–H groups in total. The molecule has 1 saturated heterocycles. The van der Waals surface area contributed by atoms with Crippen molar-refractivity contribution in [2.24, 2.45) is 5.90 Å². The van der Waals surface area contributed by atoms with Crippen molar-refractivity contribution in [1.29, 1.82) is 0 Å². The van der Waals surface area contributed by atoms with Crippen LogP contribution in [-0.4, -0.2) is 17.2 Å². The Hall–Kier alpha value is -0.120. The van der Waals surface area contributed by atoms with Crippen molar-refractivity contribution in [2.45, 2.75) is 57.7 Å². The molecule has 0 aromatic heterocycles. The summed E-state index contributed by atoms with van der Waals surface area (Å²) in [4.78, 5) is 4.92. The van der Waals surface area contributed by atoms with Crippen molar-refractivity contribution in [3.8, 4) is 0 Å². The minimum atomic E-state index is 0.131. The van der Waals surface area contributed by atoms with E-state index < -0.39 is 0 Å². The van der Waals surface area contributed by atoms with Crippen molar-refractivity contribution in [3.05, 3.63) is 0 Å². The lowest BCUT2D eigenvalue weighted by Crippen LogP contribution is -2.59. The van der Waals surface area contributed by atoms with Crippen molar-refractivity contribution < 1.29 is 4.84 Å². The molecule has 3 nitrogen and oxygen atoms in total. The average Bonchev–Trinajstić information content (AvgIpc) is 1.80. The maximum atomic E-state index is 5.22. The molecule has 12 heavy (non-hydrogen) atoms. The zero-order chi connectivity index (χ0) is 9.41. The van der Waals surface area contributed by atoms with E-state index in [9.17, 15) is 0 Å². The highest BCUT2D eigenvalue weighted by Crippen LogP contribution is 2.29. The lowest BCUT2D eigenvalue weighted by molar-refractivity contribution is -0.0230. The fourth-order valence-corrected chi connectivity index (χ4v) is 2.32. The predicted molar refractivity (Wildman–Crippen MR) is 49.6 cm³/mol. The Labute approximate surface area is 74.6 Å². The van der Waals surface area contributed by atoms with Gasteiger partial charge in [-0.2, -0.15) is 0 Å². The highest BCUT2D eigenvalue weighted by molar-refractivity contribution is 4.97. The van der Waals surface area contributed by atoms with Crippen molar-refractivity contribution in [3.63, 3.8) is 0 Å². The first-order chi connectivity index (χ1) is 5.35. The summed E-state index contributed by atoms with van der Waals surface area (Å²) in [6, 6.07) is 0. The smallest absolute Gasteiger partial charge is 0.0822 e. The third-order valence-corrected chi connectivity index (χ3v) is 2.35. The molecule has 0 saturated carbocycles. The first-order valence-electron chi connectivity index (χ1n) is 4.50. The second kappa shape index (κ2) is 2.98. The van der Waals surface area contributed by atoms with Gasteiger partial charge in [0.15, 0.2) is 0 Å². The number of hydrogen-bond acceptors (Lipinski definition) is 3. The van der Waals surface area contributed by atoms with Crippen molar-refractivity contribution >= 4 is 0 Å². The lowest BCUT2D eigenvalue weighted by Gasteiger charge is -2.45. The lowest BCUT2D eigenvalue weighted by atomic mass is 9.81. The number of nitrogens with one attached hydrogen (secondary N) is 1. The third kappa shape index (κ3) is 2.44. The molecule has 1 aliphatic heterocycles. The van der Waals surface area contributed by atoms with Gasteiger partial charge < -0.3 is 10.2 Å². The molecule has 0 unspecified atom stereocenters. The van der Waals surface area contributed by atoms with Gasteiger partial charge in [-0.1, -0.05) is 0 Å².